The van der Waals surface area contributed by atoms with Crippen LogP contribution in [0.1, 0.15) is 30.6 Å². The van der Waals surface area contributed by atoms with E-state index in [1.165, 1.54) is 4.88 Å². The lowest BCUT2D eigenvalue weighted by atomic mass is 9.86. The number of nitrogens with one attached hydrogen (secondary N) is 1. The highest BCUT2D eigenvalue weighted by molar-refractivity contribution is 7.18. The lowest BCUT2D eigenvalue weighted by Crippen LogP contribution is -2.31. The van der Waals surface area contributed by atoms with Gasteiger partial charge in [0.15, 0.2) is 0 Å². The Morgan fingerprint density at radius 2 is 2.30 bits per heavy atom. The van der Waals surface area contributed by atoms with Gasteiger partial charge >= 0.3 is 5.97 Å². The van der Waals surface area contributed by atoms with Crippen LogP contribution in [-0.2, 0) is 4.79 Å². The number of nitrogens with zero attached hydrogens (tertiary/aromatic N) is 2. The molecule has 0 saturated heterocycles. The molecule has 0 amide bonds. The fraction of sp³-hybridized carbons (Fsp3) is 0.500. The summed E-state index contributed by atoms with van der Waals surface area (Å²) in [7, 11) is 0. The van der Waals surface area contributed by atoms with Crippen LogP contribution >= 0.6 is 11.3 Å². The average molecular weight is 291 g/mol. The number of aryl methyl sites for hydroxylation is 1. The highest BCUT2D eigenvalue weighted by Crippen LogP contribution is 2.31. The lowest BCUT2D eigenvalue weighted by Gasteiger charge is -2.27. The van der Waals surface area contributed by atoms with Crippen molar-refractivity contribution < 1.29 is 9.90 Å². The van der Waals surface area contributed by atoms with Crippen molar-refractivity contribution in [3.8, 4) is 0 Å². The smallest absolute Gasteiger partial charge is 0.306 e. The van der Waals surface area contributed by atoms with Gasteiger partial charge in [0, 0.05) is 10.9 Å². The van der Waals surface area contributed by atoms with Gasteiger partial charge in [-0.25, -0.2) is 9.97 Å². The zero-order valence-electron chi connectivity index (χ0n) is 11.3. The molecule has 1 aliphatic rings. The number of aromatic nitrogens is 2. The number of hydrogen-bond acceptors (Lipinski definition) is 5. The predicted octanol–water partition coefficient (Wildman–Crippen LogP) is 3.06. The number of carboxylic acids is 1. The first-order chi connectivity index (χ1) is 9.63. The number of carbonyl (C=O) groups is 1. The fourth-order valence-corrected chi connectivity index (χ4v) is 3.68. The molecular weight excluding hydrogens is 274 g/mol. The van der Waals surface area contributed by atoms with E-state index in [0.717, 1.165) is 35.3 Å². The van der Waals surface area contributed by atoms with Crippen molar-refractivity contribution in [2.75, 3.05) is 5.32 Å². The van der Waals surface area contributed by atoms with Gasteiger partial charge in [0.05, 0.1) is 11.3 Å². The minimum atomic E-state index is -0.685. The van der Waals surface area contributed by atoms with Crippen LogP contribution in [0.3, 0.4) is 0 Å². The van der Waals surface area contributed by atoms with Crippen molar-refractivity contribution in [1.82, 2.24) is 9.97 Å². The quantitative estimate of drug-likeness (QED) is 0.909. The molecule has 2 N–H and O–H groups in total. The summed E-state index contributed by atoms with van der Waals surface area (Å²) >= 11 is 1.65. The van der Waals surface area contributed by atoms with E-state index in [1.54, 1.807) is 17.7 Å². The molecule has 1 saturated carbocycles. The second-order valence-corrected chi connectivity index (χ2v) is 6.58. The number of hydrogen-bond donors (Lipinski definition) is 2. The Kier molecular flexibility index (Phi) is 3.56. The zero-order chi connectivity index (χ0) is 14.1. The monoisotopic (exact) mass is 291 g/mol. The molecule has 2 aromatic heterocycles. The Morgan fingerprint density at radius 3 is 3.10 bits per heavy atom. The van der Waals surface area contributed by atoms with Gasteiger partial charge in [0.2, 0.25) is 0 Å². The molecule has 2 aromatic rings. The third kappa shape index (κ3) is 2.60. The summed E-state index contributed by atoms with van der Waals surface area (Å²) in [5, 5.41) is 13.6. The van der Waals surface area contributed by atoms with Gasteiger partial charge in [-0.2, -0.15) is 0 Å². The van der Waals surface area contributed by atoms with Crippen molar-refractivity contribution >= 4 is 33.3 Å². The predicted molar refractivity (Wildman–Crippen MR) is 79.2 cm³/mol. The average Bonchev–Trinajstić information content (AvgIpc) is 2.80. The number of fused-ring (bicyclic) bond motifs is 1. The fourth-order valence-electron chi connectivity index (χ4n) is 2.83. The Hall–Kier alpha value is -1.69. The van der Waals surface area contributed by atoms with E-state index in [4.69, 9.17) is 5.11 Å². The van der Waals surface area contributed by atoms with E-state index in [-0.39, 0.29) is 12.0 Å². The van der Waals surface area contributed by atoms with E-state index in [2.05, 4.69) is 28.3 Å². The maximum absolute atomic E-state index is 11.1. The largest absolute Gasteiger partial charge is 0.481 e. The highest BCUT2D eigenvalue weighted by atomic mass is 32.1. The Bertz CT molecular complexity index is 640. The Labute approximate surface area is 121 Å². The lowest BCUT2D eigenvalue weighted by molar-refractivity contribution is -0.142. The summed E-state index contributed by atoms with van der Waals surface area (Å²) in [6.07, 6.45) is 4.97. The first-order valence-electron chi connectivity index (χ1n) is 6.84. The van der Waals surface area contributed by atoms with Gasteiger partial charge in [-0.05, 0) is 32.3 Å². The summed E-state index contributed by atoms with van der Waals surface area (Å²) in [5.41, 5.74) is 0. The van der Waals surface area contributed by atoms with E-state index >= 15 is 0 Å². The normalized spacial score (nSPS) is 22.9. The number of aliphatic carboxylic acids is 1. The van der Waals surface area contributed by atoms with Crippen LogP contribution < -0.4 is 5.32 Å². The summed E-state index contributed by atoms with van der Waals surface area (Å²) in [5.74, 6) is -0.0890. The molecule has 2 heterocycles. The first kappa shape index (κ1) is 13.3. The van der Waals surface area contributed by atoms with Crippen LogP contribution in [0.5, 0.6) is 0 Å². The van der Waals surface area contributed by atoms with E-state index in [0.29, 0.717) is 6.42 Å². The van der Waals surface area contributed by atoms with Crippen molar-refractivity contribution in [2.45, 2.75) is 38.6 Å². The molecule has 3 rings (SSSR count). The van der Waals surface area contributed by atoms with Crippen LogP contribution in [0.15, 0.2) is 12.4 Å². The Balaban J connectivity index is 1.80. The van der Waals surface area contributed by atoms with Gasteiger partial charge < -0.3 is 10.4 Å². The van der Waals surface area contributed by atoms with Gasteiger partial charge in [-0.3, -0.25) is 4.79 Å². The molecule has 5 nitrogen and oxygen atoms in total. The number of thiophene rings is 1. The third-order valence-corrected chi connectivity index (χ3v) is 4.78. The number of carboxylic acid groups (broad SMARTS) is 1. The van der Waals surface area contributed by atoms with Crippen LogP contribution in [0.25, 0.3) is 10.2 Å². The van der Waals surface area contributed by atoms with Crippen LogP contribution in [0.4, 0.5) is 5.82 Å². The summed E-state index contributed by atoms with van der Waals surface area (Å²) < 4.78 is 0. The van der Waals surface area contributed by atoms with Gasteiger partial charge in [-0.1, -0.05) is 6.42 Å². The van der Waals surface area contributed by atoms with Gasteiger partial charge in [0.1, 0.15) is 17.0 Å². The molecule has 106 valence electrons. The summed E-state index contributed by atoms with van der Waals surface area (Å²) in [6.45, 7) is 2.05. The molecule has 0 aliphatic heterocycles. The van der Waals surface area contributed by atoms with E-state index in [1.807, 2.05) is 0 Å². The second kappa shape index (κ2) is 5.36. The maximum atomic E-state index is 11.1. The van der Waals surface area contributed by atoms with E-state index in [9.17, 15) is 4.79 Å². The molecule has 20 heavy (non-hydrogen) atoms. The topological polar surface area (TPSA) is 75.1 Å². The Morgan fingerprint density at radius 1 is 1.45 bits per heavy atom. The molecule has 2 unspecified atom stereocenters. The molecule has 0 bridgehead atoms. The number of rotatable bonds is 3. The third-order valence-electron chi connectivity index (χ3n) is 3.82. The van der Waals surface area contributed by atoms with Crippen LogP contribution in [-0.4, -0.2) is 27.1 Å². The zero-order valence-corrected chi connectivity index (χ0v) is 12.1. The molecule has 2 atom stereocenters. The highest BCUT2D eigenvalue weighted by Gasteiger charge is 2.27. The van der Waals surface area contributed by atoms with Crippen molar-refractivity contribution in [1.29, 1.82) is 0 Å². The van der Waals surface area contributed by atoms with E-state index < -0.39 is 5.97 Å². The van der Waals surface area contributed by atoms with Gasteiger partial charge in [-0.15, -0.1) is 11.3 Å². The van der Waals surface area contributed by atoms with Crippen molar-refractivity contribution in [3.63, 3.8) is 0 Å². The minimum Gasteiger partial charge on any atom is -0.481 e. The SMILES string of the molecule is Cc1cc2c(NC3CCCC(C(=O)O)C3)ncnc2s1. The molecule has 1 fully saturated rings. The number of anilines is 1. The van der Waals surface area contributed by atoms with Crippen LogP contribution in [0, 0.1) is 12.8 Å². The maximum Gasteiger partial charge on any atom is 0.306 e. The van der Waals surface area contributed by atoms with Crippen molar-refractivity contribution in [3.05, 3.63) is 17.3 Å². The molecule has 0 spiro atoms. The molecule has 1 aliphatic carbocycles. The summed E-state index contributed by atoms with van der Waals surface area (Å²) in [6, 6.07) is 2.27. The van der Waals surface area contributed by atoms with Gasteiger partial charge in [0.25, 0.3) is 0 Å². The molecular formula is C14H17N3O2S. The standard InChI is InChI=1S/C14H17N3O2S/c1-8-5-11-12(15-7-16-13(11)20-8)17-10-4-2-3-9(6-10)14(18)19/h5,7,9-10H,2-4,6H2,1H3,(H,18,19)(H,15,16,17). The first-order valence-corrected chi connectivity index (χ1v) is 7.65. The molecule has 0 aromatic carbocycles. The van der Waals surface area contributed by atoms with Crippen molar-refractivity contribution in [2.24, 2.45) is 5.92 Å². The molecule has 0 radical (unpaired) electrons. The van der Waals surface area contributed by atoms with Crippen LogP contribution in [0.2, 0.25) is 0 Å². The minimum absolute atomic E-state index is 0.183. The molecule has 6 heteroatoms. The second-order valence-electron chi connectivity index (χ2n) is 5.34. The summed E-state index contributed by atoms with van der Waals surface area (Å²) in [4.78, 5) is 21.9.